The van der Waals surface area contributed by atoms with E-state index in [-0.39, 0.29) is 5.91 Å². The topological polar surface area (TPSA) is 51.0 Å². The maximum Gasteiger partial charge on any atom is 0.256 e. The largest absolute Gasteiger partial charge is 0.330 e. The minimum Gasteiger partial charge on any atom is -0.330 e. The predicted octanol–water partition coefficient (Wildman–Crippen LogP) is 4.80. The van der Waals surface area contributed by atoms with Gasteiger partial charge in [-0.1, -0.05) is 48.0 Å². The van der Waals surface area contributed by atoms with E-state index in [1.807, 2.05) is 76.7 Å². The molecule has 0 saturated carbocycles. The number of halogens is 1. The smallest absolute Gasteiger partial charge is 0.256 e. The summed E-state index contributed by atoms with van der Waals surface area (Å²) in [7, 11) is 0. The van der Waals surface area contributed by atoms with Gasteiger partial charge in [-0.15, -0.1) is 0 Å². The van der Waals surface area contributed by atoms with E-state index >= 15 is 0 Å². The molecule has 3 heterocycles. The van der Waals surface area contributed by atoms with Gasteiger partial charge in [0.05, 0.1) is 23.3 Å². The lowest BCUT2D eigenvalue weighted by molar-refractivity contribution is 0.0767. The van der Waals surface area contributed by atoms with Gasteiger partial charge in [-0.3, -0.25) is 14.5 Å². The molecule has 0 fully saturated rings. The SMILES string of the molecule is O=C1c2c(Cl)cc(-c3cnn(Cc4cccnc4)c3)cc2CN1Cc1ccccc1. The van der Waals surface area contributed by atoms with Gasteiger partial charge in [0.1, 0.15) is 0 Å². The molecular formula is C24H19ClN4O. The first-order valence-electron chi connectivity index (χ1n) is 9.75. The fraction of sp³-hybridized carbons (Fsp3) is 0.125. The Morgan fingerprint density at radius 3 is 2.57 bits per heavy atom. The number of pyridine rings is 1. The molecule has 5 rings (SSSR count). The van der Waals surface area contributed by atoms with Crippen molar-refractivity contribution in [2.24, 2.45) is 0 Å². The van der Waals surface area contributed by atoms with Crippen LogP contribution in [0.3, 0.4) is 0 Å². The summed E-state index contributed by atoms with van der Waals surface area (Å²) >= 11 is 6.54. The van der Waals surface area contributed by atoms with Crippen molar-refractivity contribution in [3.63, 3.8) is 0 Å². The van der Waals surface area contributed by atoms with E-state index in [2.05, 4.69) is 16.1 Å². The molecule has 0 spiro atoms. The van der Waals surface area contributed by atoms with Crippen LogP contribution in [0.5, 0.6) is 0 Å². The molecule has 4 aromatic rings. The zero-order chi connectivity index (χ0) is 20.5. The van der Waals surface area contributed by atoms with Crippen molar-refractivity contribution in [1.82, 2.24) is 19.7 Å². The normalized spacial score (nSPS) is 13.0. The highest BCUT2D eigenvalue weighted by atomic mass is 35.5. The Hall–Kier alpha value is -3.44. The number of benzene rings is 2. The highest BCUT2D eigenvalue weighted by Crippen LogP contribution is 2.35. The Morgan fingerprint density at radius 2 is 1.77 bits per heavy atom. The Morgan fingerprint density at radius 1 is 0.933 bits per heavy atom. The van der Waals surface area contributed by atoms with Crippen molar-refractivity contribution < 1.29 is 4.79 Å². The maximum absolute atomic E-state index is 12.9. The molecule has 0 aliphatic carbocycles. The molecule has 30 heavy (non-hydrogen) atoms. The quantitative estimate of drug-likeness (QED) is 0.471. The van der Waals surface area contributed by atoms with E-state index in [0.717, 1.165) is 27.8 Å². The molecule has 148 valence electrons. The van der Waals surface area contributed by atoms with E-state index in [1.165, 1.54) is 0 Å². The molecular weight excluding hydrogens is 396 g/mol. The highest BCUT2D eigenvalue weighted by Gasteiger charge is 2.30. The zero-order valence-electron chi connectivity index (χ0n) is 16.2. The second-order valence-electron chi connectivity index (χ2n) is 7.43. The maximum atomic E-state index is 12.9. The number of aromatic nitrogens is 3. The summed E-state index contributed by atoms with van der Waals surface area (Å²) in [5, 5.41) is 4.95. The first-order chi connectivity index (χ1) is 14.7. The molecule has 0 N–H and O–H groups in total. The van der Waals surface area contributed by atoms with E-state index in [4.69, 9.17) is 11.6 Å². The van der Waals surface area contributed by atoms with Crippen LogP contribution in [0.15, 0.2) is 79.4 Å². The Labute approximate surface area is 179 Å². The van der Waals surface area contributed by atoms with Crippen molar-refractivity contribution in [1.29, 1.82) is 0 Å². The van der Waals surface area contributed by atoms with Gasteiger partial charge in [0, 0.05) is 37.2 Å². The number of rotatable bonds is 5. The average Bonchev–Trinajstić information content (AvgIpc) is 3.34. The minimum absolute atomic E-state index is 0.0160. The van der Waals surface area contributed by atoms with Crippen molar-refractivity contribution in [2.75, 3.05) is 0 Å². The van der Waals surface area contributed by atoms with Gasteiger partial charge in [-0.05, 0) is 40.5 Å². The first kappa shape index (κ1) is 18.6. The zero-order valence-corrected chi connectivity index (χ0v) is 17.0. The molecule has 5 nitrogen and oxygen atoms in total. The number of hydrogen-bond donors (Lipinski definition) is 0. The fourth-order valence-electron chi connectivity index (χ4n) is 3.84. The van der Waals surface area contributed by atoms with Gasteiger partial charge in [-0.2, -0.15) is 5.10 Å². The summed E-state index contributed by atoms with van der Waals surface area (Å²) in [6.07, 6.45) is 7.41. The lowest BCUT2D eigenvalue weighted by Gasteiger charge is -2.15. The number of hydrogen-bond acceptors (Lipinski definition) is 3. The van der Waals surface area contributed by atoms with Gasteiger partial charge in [0.2, 0.25) is 0 Å². The molecule has 0 atom stereocenters. The van der Waals surface area contributed by atoms with Crippen LogP contribution in [0.4, 0.5) is 0 Å². The number of amides is 1. The third-order valence-electron chi connectivity index (χ3n) is 5.28. The second-order valence-corrected chi connectivity index (χ2v) is 7.83. The number of fused-ring (bicyclic) bond motifs is 1. The van der Waals surface area contributed by atoms with Crippen molar-refractivity contribution in [2.45, 2.75) is 19.6 Å². The highest BCUT2D eigenvalue weighted by molar-refractivity contribution is 6.34. The van der Waals surface area contributed by atoms with E-state index < -0.39 is 0 Å². The van der Waals surface area contributed by atoms with Gasteiger partial charge >= 0.3 is 0 Å². The second kappa shape index (κ2) is 7.76. The molecule has 2 aromatic heterocycles. The Bertz CT molecular complexity index is 1200. The Balaban J connectivity index is 1.39. The van der Waals surface area contributed by atoms with Gasteiger partial charge in [0.15, 0.2) is 0 Å². The number of carbonyl (C=O) groups is 1. The van der Waals surface area contributed by atoms with E-state index in [0.29, 0.717) is 30.2 Å². The summed E-state index contributed by atoms with van der Waals surface area (Å²) < 4.78 is 1.88. The predicted molar refractivity (Wildman–Crippen MR) is 116 cm³/mol. The fourth-order valence-corrected chi connectivity index (χ4v) is 4.16. The molecule has 1 aliphatic heterocycles. The van der Waals surface area contributed by atoms with Crippen LogP contribution in [0.25, 0.3) is 11.1 Å². The standard InChI is InChI=1S/C24H19ClN4O/c25-22-10-19(21-12-27-29(16-21)14-18-7-4-8-26-11-18)9-20-15-28(24(30)23(20)22)13-17-5-2-1-3-6-17/h1-12,16H,13-15H2. The molecule has 0 bridgehead atoms. The average molecular weight is 415 g/mol. The molecule has 0 unspecified atom stereocenters. The molecule has 0 radical (unpaired) electrons. The van der Waals surface area contributed by atoms with Crippen LogP contribution < -0.4 is 0 Å². The summed E-state index contributed by atoms with van der Waals surface area (Å²) in [6, 6.07) is 17.8. The van der Waals surface area contributed by atoms with Crippen molar-refractivity contribution in [3.05, 3.63) is 107 Å². The summed E-state index contributed by atoms with van der Waals surface area (Å²) in [5.41, 5.74) is 5.69. The monoisotopic (exact) mass is 414 g/mol. The first-order valence-corrected chi connectivity index (χ1v) is 10.1. The summed E-state index contributed by atoms with van der Waals surface area (Å²) in [4.78, 5) is 18.9. The lowest BCUT2D eigenvalue weighted by atomic mass is 10.0. The molecule has 1 aliphatic rings. The van der Waals surface area contributed by atoms with E-state index in [1.54, 1.807) is 6.20 Å². The summed E-state index contributed by atoms with van der Waals surface area (Å²) in [5.74, 6) is -0.0160. The van der Waals surface area contributed by atoms with Crippen LogP contribution in [-0.4, -0.2) is 25.6 Å². The van der Waals surface area contributed by atoms with Crippen LogP contribution in [0.1, 0.15) is 27.0 Å². The molecule has 2 aromatic carbocycles. The number of nitrogens with zero attached hydrogens (tertiary/aromatic N) is 4. The van der Waals surface area contributed by atoms with E-state index in [9.17, 15) is 4.79 Å². The molecule has 1 amide bonds. The van der Waals surface area contributed by atoms with Crippen LogP contribution >= 0.6 is 11.6 Å². The van der Waals surface area contributed by atoms with Gasteiger partial charge in [0.25, 0.3) is 5.91 Å². The van der Waals surface area contributed by atoms with Gasteiger partial charge in [-0.25, -0.2) is 0 Å². The van der Waals surface area contributed by atoms with Crippen LogP contribution in [-0.2, 0) is 19.6 Å². The van der Waals surface area contributed by atoms with Crippen molar-refractivity contribution >= 4 is 17.5 Å². The summed E-state index contributed by atoms with van der Waals surface area (Å²) in [6.45, 7) is 1.78. The number of carbonyl (C=O) groups excluding carboxylic acids is 1. The van der Waals surface area contributed by atoms with Crippen LogP contribution in [0, 0.1) is 0 Å². The third kappa shape index (κ3) is 3.60. The lowest BCUT2D eigenvalue weighted by Crippen LogP contribution is -2.23. The van der Waals surface area contributed by atoms with Gasteiger partial charge < -0.3 is 4.90 Å². The molecule has 6 heteroatoms. The Kier molecular flexibility index (Phi) is 4.81. The molecule has 0 saturated heterocycles. The third-order valence-corrected chi connectivity index (χ3v) is 5.58. The van der Waals surface area contributed by atoms with Crippen molar-refractivity contribution in [3.8, 4) is 11.1 Å². The van der Waals surface area contributed by atoms with Crippen LogP contribution in [0.2, 0.25) is 5.02 Å². The minimum atomic E-state index is -0.0160.